The Hall–Kier alpha value is -2.80. The molecule has 0 unspecified atom stereocenters. The maximum Gasteiger partial charge on any atom is 0.254 e. The number of nitrogens with one attached hydrogen (secondary N) is 2. The molecule has 0 saturated carbocycles. The lowest BCUT2D eigenvalue weighted by molar-refractivity contribution is 0.0950. The summed E-state index contributed by atoms with van der Waals surface area (Å²) >= 11 is 3.38. The van der Waals surface area contributed by atoms with E-state index in [1.54, 1.807) is 12.4 Å². The summed E-state index contributed by atoms with van der Waals surface area (Å²) in [6.45, 7) is 0.408. The molecule has 0 spiro atoms. The van der Waals surface area contributed by atoms with Crippen LogP contribution in [0.2, 0.25) is 0 Å². The van der Waals surface area contributed by atoms with Crippen molar-refractivity contribution in [1.29, 1.82) is 0 Å². The van der Waals surface area contributed by atoms with Crippen LogP contribution in [0.3, 0.4) is 0 Å². The molecule has 1 amide bonds. The molecule has 24 heavy (non-hydrogen) atoms. The van der Waals surface area contributed by atoms with Gasteiger partial charge in [0.05, 0.1) is 5.56 Å². The Balaban J connectivity index is 1.59. The third-order valence-corrected chi connectivity index (χ3v) is 3.72. The first-order valence-corrected chi connectivity index (χ1v) is 8.02. The lowest BCUT2D eigenvalue weighted by Gasteiger charge is -2.07. The van der Waals surface area contributed by atoms with Gasteiger partial charge in [-0.25, -0.2) is 9.97 Å². The molecule has 120 valence electrons. The fraction of sp³-hybridized carbons (Fsp3) is 0.0588. The highest BCUT2D eigenvalue weighted by atomic mass is 79.9. The number of nitrogens with zero attached hydrogens (tertiary/aromatic N) is 3. The zero-order valence-corrected chi connectivity index (χ0v) is 14.2. The van der Waals surface area contributed by atoms with E-state index in [0.717, 1.165) is 15.7 Å². The van der Waals surface area contributed by atoms with Crippen LogP contribution in [-0.2, 0) is 6.54 Å². The van der Waals surface area contributed by atoms with Gasteiger partial charge in [-0.2, -0.15) is 0 Å². The van der Waals surface area contributed by atoms with Crippen molar-refractivity contribution in [3.05, 3.63) is 76.8 Å². The highest BCUT2D eigenvalue weighted by Gasteiger charge is 2.07. The first kappa shape index (κ1) is 16.1. The fourth-order valence-corrected chi connectivity index (χ4v) is 2.22. The van der Waals surface area contributed by atoms with Crippen molar-refractivity contribution in [2.75, 3.05) is 5.32 Å². The summed E-state index contributed by atoms with van der Waals surface area (Å²) in [4.78, 5) is 24.4. The summed E-state index contributed by atoms with van der Waals surface area (Å²) in [5.74, 6) is 0.204. The van der Waals surface area contributed by atoms with Crippen LogP contribution in [-0.4, -0.2) is 20.9 Å². The first-order valence-electron chi connectivity index (χ1n) is 7.22. The maximum atomic E-state index is 12.1. The first-order chi connectivity index (χ1) is 11.7. The number of carbonyl (C=O) groups excluding carboxylic acids is 1. The van der Waals surface area contributed by atoms with Crippen LogP contribution in [0.4, 0.5) is 11.6 Å². The van der Waals surface area contributed by atoms with Crippen LogP contribution in [0.1, 0.15) is 15.9 Å². The number of hydrogen-bond donors (Lipinski definition) is 2. The van der Waals surface area contributed by atoms with E-state index < -0.39 is 0 Å². The zero-order chi connectivity index (χ0) is 16.8. The van der Waals surface area contributed by atoms with Crippen molar-refractivity contribution >= 4 is 33.5 Å². The Labute approximate surface area is 147 Å². The van der Waals surface area contributed by atoms with E-state index in [2.05, 4.69) is 41.5 Å². The van der Waals surface area contributed by atoms with Crippen molar-refractivity contribution in [2.24, 2.45) is 0 Å². The van der Waals surface area contributed by atoms with Gasteiger partial charge in [0, 0.05) is 41.5 Å². The molecule has 1 aromatic carbocycles. The van der Waals surface area contributed by atoms with Gasteiger partial charge in [0.2, 0.25) is 5.95 Å². The average molecular weight is 384 g/mol. The molecule has 0 radical (unpaired) electrons. The SMILES string of the molecule is O=C(NCc1cccnc1)c1cnc(Nc2ccc(Br)cc2)nc1. The van der Waals surface area contributed by atoms with Gasteiger partial charge in [-0.15, -0.1) is 0 Å². The molecular weight excluding hydrogens is 370 g/mol. The van der Waals surface area contributed by atoms with Crippen LogP contribution in [0.5, 0.6) is 0 Å². The largest absolute Gasteiger partial charge is 0.348 e. The van der Waals surface area contributed by atoms with Crippen LogP contribution in [0, 0.1) is 0 Å². The monoisotopic (exact) mass is 383 g/mol. The van der Waals surface area contributed by atoms with E-state index in [-0.39, 0.29) is 5.91 Å². The zero-order valence-electron chi connectivity index (χ0n) is 12.6. The Morgan fingerprint density at radius 1 is 1.04 bits per heavy atom. The number of carbonyl (C=O) groups is 1. The van der Waals surface area contributed by atoms with Crippen molar-refractivity contribution in [3.63, 3.8) is 0 Å². The average Bonchev–Trinajstić information content (AvgIpc) is 2.63. The van der Waals surface area contributed by atoms with Crippen LogP contribution < -0.4 is 10.6 Å². The van der Waals surface area contributed by atoms with Gasteiger partial charge in [-0.3, -0.25) is 9.78 Å². The molecule has 0 aliphatic rings. The van der Waals surface area contributed by atoms with Crippen LogP contribution >= 0.6 is 15.9 Å². The summed E-state index contributed by atoms with van der Waals surface area (Å²) in [5, 5.41) is 5.88. The lowest BCUT2D eigenvalue weighted by atomic mass is 10.2. The molecule has 0 atom stereocenters. The fourth-order valence-electron chi connectivity index (χ4n) is 1.96. The third-order valence-electron chi connectivity index (χ3n) is 3.19. The number of aromatic nitrogens is 3. The molecule has 0 aliphatic heterocycles. The van der Waals surface area contributed by atoms with Gasteiger partial charge in [0.15, 0.2) is 0 Å². The van der Waals surface area contributed by atoms with Crippen molar-refractivity contribution < 1.29 is 4.79 Å². The molecule has 2 aromatic heterocycles. The molecule has 0 bridgehead atoms. The van der Waals surface area contributed by atoms with Gasteiger partial charge in [-0.1, -0.05) is 22.0 Å². The Kier molecular flexibility index (Phi) is 5.12. The van der Waals surface area contributed by atoms with E-state index >= 15 is 0 Å². The second kappa shape index (κ2) is 7.65. The minimum Gasteiger partial charge on any atom is -0.348 e. The Morgan fingerprint density at radius 3 is 2.46 bits per heavy atom. The normalized spacial score (nSPS) is 10.2. The highest BCUT2D eigenvalue weighted by molar-refractivity contribution is 9.10. The number of benzene rings is 1. The van der Waals surface area contributed by atoms with Crippen LogP contribution in [0.25, 0.3) is 0 Å². The van der Waals surface area contributed by atoms with Gasteiger partial charge >= 0.3 is 0 Å². The molecule has 3 aromatic rings. The maximum absolute atomic E-state index is 12.1. The predicted molar refractivity (Wildman–Crippen MR) is 94.9 cm³/mol. The van der Waals surface area contributed by atoms with Crippen LogP contribution in [0.15, 0.2) is 65.7 Å². The predicted octanol–water partition coefficient (Wildman–Crippen LogP) is 3.31. The third kappa shape index (κ3) is 4.36. The molecule has 3 rings (SSSR count). The summed E-state index contributed by atoms with van der Waals surface area (Å²) in [6, 6.07) is 11.4. The van der Waals surface area contributed by atoms with Gasteiger partial charge in [-0.05, 0) is 35.9 Å². The van der Waals surface area contributed by atoms with Crippen molar-refractivity contribution in [3.8, 4) is 0 Å². The summed E-state index contributed by atoms with van der Waals surface area (Å²) in [5.41, 5.74) is 2.20. The molecule has 0 fully saturated rings. The highest BCUT2D eigenvalue weighted by Crippen LogP contribution is 2.16. The van der Waals surface area contributed by atoms with Gasteiger partial charge < -0.3 is 10.6 Å². The summed E-state index contributed by atoms with van der Waals surface area (Å²) in [6.07, 6.45) is 6.39. The molecule has 2 heterocycles. The number of rotatable bonds is 5. The smallest absolute Gasteiger partial charge is 0.254 e. The lowest BCUT2D eigenvalue weighted by Crippen LogP contribution is -2.23. The van der Waals surface area contributed by atoms with Crippen molar-refractivity contribution in [2.45, 2.75) is 6.54 Å². The van der Waals surface area contributed by atoms with E-state index in [1.807, 2.05) is 36.4 Å². The second-order valence-corrected chi connectivity index (χ2v) is 5.89. The quantitative estimate of drug-likeness (QED) is 0.706. The molecule has 7 heteroatoms. The number of amides is 1. The molecule has 0 aliphatic carbocycles. The van der Waals surface area contributed by atoms with E-state index in [9.17, 15) is 4.79 Å². The Bertz CT molecular complexity index is 807. The molecular formula is C17H14BrN5O. The number of pyridine rings is 1. The number of halogens is 1. The Morgan fingerprint density at radius 2 is 1.79 bits per heavy atom. The van der Waals surface area contributed by atoms with E-state index in [1.165, 1.54) is 12.4 Å². The topological polar surface area (TPSA) is 79.8 Å². The molecule has 6 nitrogen and oxygen atoms in total. The number of anilines is 2. The summed E-state index contributed by atoms with van der Waals surface area (Å²) < 4.78 is 0.995. The minimum atomic E-state index is -0.228. The minimum absolute atomic E-state index is 0.228. The number of hydrogen-bond acceptors (Lipinski definition) is 5. The summed E-state index contributed by atoms with van der Waals surface area (Å²) in [7, 11) is 0. The van der Waals surface area contributed by atoms with Gasteiger partial charge in [0.25, 0.3) is 5.91 Å². The van der Waals surface area contributed by atoms with E-state index in [4.69, 9.17) is 0 Å². The van der Waals surface area contributed by atoms with E-state index in [0.29, 0.717) is 18.1 Å². The molecule has 0 saturated heterocycles. The molecule has 2 N–H and O–H groups in total. The van der Waals surface area contributed by atoms with Crippen molar-refractivity contribution in [1.82, 2.24) is 20.3 Å². The standard InChI is InChI=1S/C17H14BrN5O/c18-14-3-5-15(6-4-14)23-17-21-10-13(11-22-17)16(24)20-9-12-2-1-7-19-8-12/h1-8,10-11H,9H2,(H,20,24)(H,21,22,23). The van der Waals surface area contributed by atoms with Gasteiger partial charge in [0.1, 0.15) is 0 Å². The second-order valence-electron chi connectivity index (χ2n) is 4.97.